The first kappa shape index (κ1) is 13.0. The van der Waals surface area contributed by atoms with Crippen LogP contribution in [0.2, 0.25) is 0 Å². The van der Waals surface area contributed by atoms with Crippen molar-refractivity contribution in [2.75, 3.05) is 19.8 Å². The molecule has 0 bridgehead atoms. The van der Waals surface area contributed by atoms with Gasteiger partial charge in [-0.3, -0.25) is 19.8 Å². The van der Waals surface area contributed by atoms with Crippen molar-refractivity contribution in [3.8, 4) is 0 Å². The molecule has 0 radical (unpaired) electrons. The van der Waals surface area contributed by atoms with Gasteiger partial charge in [0.2, 0.25) is 11.8 Å². The number of barbiturate groups is 1. The lowest BCUT2D eigenvalue weighted by molar-refractivity contribution is -0.144. The van der Waals surface area contributed by atoms with Crippen molar-refractivity contribution in [2.45, 2.75) is 20.3 Å². The number of hydrogen-bond acceptors (Lipinski definition) is 4. The Morgan fingerprint density at radius 2 is 2.11 bits per heavy atom. The summed E-state index contributed by atoms with van der Waals surface area (Å²) in [5, 5.41) is 2.25. The molecule has 4 amide bonds. The highest BCUT2D eigenvalue weighted by Crippen LogP contribution is 2.22. The zero-order valence-corrected chi connectivity index (χ0v) is 10.6. The van der Waals surface area contributed by atoms with Gasteiger partial charge in [0.05, 0.1) is 6.61 Å². The summed E-state index contributed by atoms with van der Waals surface area (Å²) < 4.78 is 5.23. The summed E-state index contributed by atoms with van der Waals surface area (Å²) in [5.41, 5.74) is 0. The van der Waals surface area contributed by atoms with E-state index in [4.69, 9.17) is 4.74 Å². The van der Waals surface area contributed by atoms with Crippen LogP contribution in [0.5, 0.6) is 0 Å². The molecule has 100 valence electrons. The van der Waals surface area contributed by atoms with Crippen molar-refractivity contribution in [3.63, 3.8) is 0 Å². The summed E-state index contributed by atoms with van der Waals surface area (Å²) in [6.45, 7) is 5.17. The molecule has 0 aromatic heterocycles. The lowest BCUT2D eigenvalue weighted by Gasteiger charge is -2.33. The normalized spacial score (nSPS) is 29.1. The van der Waals surface area contributed by atoms with Crippen LogP contribution in [0, 0.1) is 17.8 Å². The third-order valence-corrected chi connectivity index (χ3v) is 3.42. The zero-order chi connectivity index (χ0) is 13.3. The van der Waals surface area contributed by atoms with Gasteiger partial charge < -0.3 is 4.74 Å². The third-order valence-electron chi connectivity index (χ3n) is 3.42. The Morgan fingerprint density at radius 1 is 1.39 bits per heavy atom. The minimum absolute atomic E-state index is 0.118. The molecule has 2 heterocycles. The molecule has 2 rings (SSSR count). The molecule has 0 saturated carbocycles. The minimum atomic E-state index is -0.759. The van der Waals surface area contributed by atoms with Crippen molar-refractivity contribution in [1.29, 1.82) is 0 Å². The van der Waals surface area contributed by atoms with Crippen molar-refractivity contribution in [3.05, 3.63) is 0 Å². The molecule has 0 spiro atoms. The van der Waals surface area contributed by atoms with Crippen LogP contribution in [0.1, 0.15) is 20.3 Å². The molecule has 1 N–H and O–H groups in total. The number of hydrogen-bond donors (Lipinski definition) is 1. The summed E-state index contributed by atoms with van der Waals surface area (Å²) in [7, 11) is 0. The van der Waals surface area contributed by atoms with Gasteiger partial charge in [-0.1, -0.05) is 13.8 Å². The highest BCUT2D eigenvalue weighted by Gasteiger charge is 2.42. The summed E-state index contributed by atoms with van der Waals surface area (Å²) >= 11 is 0. The van der Waals surface area contributed by atoms with Gasteiger partial charge in [0.25, 0.3) is 0 Å². The van der Waals surface area contributed by atoms with Gasteiger partial charge in [-0.25, -0.2) is 4.79 Å². The van der Waals surface area contributed by atoms with Crippen LogP contribution >= 0.6 is 0 Å². The zero-order valence-electron chi connectivity index (χ0n) is 10.6. The molecule has 6 nitrogen and oxygen atoms in total. The maximum atomic E-state index is 12.2. The van der Waals surface area contributed by atoms with Crippen LogP contribution in [0.4, 0.5) is 4.79 Å². The molecule has 2 aliphatic heterocycles. The number of rotatable bonds is 3. The smallest absolute Gasteiger partial charge is 0.330 e. The van der Waals surface area contributed by atoms with E-state index in [0.717, 1.165) is 11.3 Å². The van der Waals surface area contributed by atoms with Crippen LogP contribution in [0.3, 0.4) is 0 Å². The number of amides is 4. The Morgan fingerprint density at radius 3 is 2.67 bits per heavy atom. The van der Waals surface area contributed by atoms with Crippen molar-refractivity contribution >= 4 is 17.8 Å². The van der Waals surface area contributed by atoms with E-state index in [1.807, 2.05) is 0 Å². The van der Waals surface area contributed by atoms with E-state index in [9.17, 15) is 14.4 Å². The van der Waals surface area contributed by atoms with Gasteiger partial charge in [-0.15, -0.1) is 0 Å². The van der Waals surface area contributed by atoms with Crippen LogP contribution in [-0.2, 0) is 14.3 Å². The van der Waals surface area contributed by atoms with Crippen LogP contribution in [0.15, 0.2) is 0 Å². The largest absolute Gasteiger partial charge is 0.381 e. The number of imide groups is 2. The van der Waals surface area contributed by atoms with Gasteiger partial charge in [-0.05, 0) is 12.3 Å². The fourth-order valence-electron chi connectivity index (χ4n) is 2.38. The van der Waals surface area contributed by atoms with E-state index in [1.165, 1.54) is 0 Å². The van der Waals surface area contributed by atoms with Gasteiger partial charge in [0.15, 0.2) is 0 Å². The van der Waals surface area contributed by atoms with Crippen molar-refractivity contribution < 1.29 is 19.1 Å². The first-order chi connectivity index (χ1) is 8.50. The number of nitrogens with zero attached hydrogens (tertiary/aromatic N) is 1. The molecule has 0 aromatic carbocycles. The summed E-state index contributed by atoms with van der Waals surface area (Å²) in [6.07, 6.45) is 0.845. The summed E-state index contributed by atoms with van der Waals surface area (Å²) in [5.74, 6) is -1.57. The Bertz CT molecular complexity index is 374. The second kappa shape index (κ2) is 5.06. The molecule has 2 unspecified atom stereocenters. The van der Waals surface area contributed by atoms with Gasteiger partial charge in [-0.2, -0.15) is 0 Å². The average Bonchev–Trinajstić information content (AvgIpc) is 2.75. The maximum Gasteiger partial charge on any atom is 0.330 e. The Hall–Kier alpha value is -1.43. The number of ether oxygens (including phenoxy) is 1. The van der Waals surface area contributed by atoms with E-state index < -0.39 is 17.9 Å². The molecule has 18 heavy (non-hydrogen) atoms. The molecule has 0 aromatic rings. The molecule has 2 fully saturated rings. The van der Waals surface area contributed by atoms with Crippen LogP contribution < -0.4 is 5.32 Å². The third kappa shape index (κ3) is 2.38. The van der Waals surface area contributed by atoms with Crippen LogP contribution in [0.25, 0.3) is 0 Å². The number of carbonyl (C=O) groups excluding carboxylic acids is 3. The molecule has 0 aliphatic carbocycles. The predicted molar refractivity (Wildman–Crippen MR) is 62.5 cm³/mol. The second-order valence-corrected chi connectivity index (χ2v) is 5.19. The molecule has 2 atom stereocenters. The Kier molecular flexibility index (Phi) is 3.65. The second-order valence-electron chi connectivity index (χ2n) is 5.19. The van der Waals surface area contributed by atoms with Crippen LogP contribution in [-0.4, -0.2) is 42.5 Å². The molecule has 2 aliphatic rings. The molecular weight excluding hydrogens is 236 g/mol. The lowest BCUT2D eigenvalue weighted by Crippen LogP contribution is -2.60. The van der Waals surface area contributed by atoms with Gasteiger partial charge >= 0.3 is 6.03 Å². The number of carbonyl (C=O) groups is 3. The average molecular weight is 254 g/mol. The van der Waals surface area contributed by atoms with Gasteiger partial charge in [0.1, 0.15) is 5.92 Å². The van der Waals surface area contributed by atoms with E-state index in [2.05, 4.69) is 5.32 Å². The number of urea groups is 1. The Balaban J connectivity index is 2.10. The van der Waals surface area contributed by atoms with E-state index >= 15 is 0 Å². The van der Waals surface area contributed by atoms with Gasteiger partial charge in [0, 0.05) is 19.1 Å². The molecule has 6 heteroatoms. The number of nitrogens with one attached hydrogen (secondary N) is 1. The summed E-state index contributed by atoms with van der Waals surface area (Å²) in [6, 6.07) is -0.603. The highest BCUT2D eigenvalue weighted by molar-refractivity contribution is 6.16. The fourth-order valence-corrected chi connectivity index (χ4v) is 2.38. The quantitative estimate of drug-likeness (QED) is 0.738. The molecular formula is C12H18N2O4. The fraction of sp³-hybridized carbons (Fsp3) is 0.750. The topological polar surface area (TPSA) is 75.7 Å². The maximum absolute atomic E-state index is 12.2. The predicted octanol–water partition coefficient (Wildman–Crippen LogP) is 0.373. The van der Waals surface area contributed by atoms with E-state index in [1.54, 1.807) is 13.8 Å². The first-order valence-electron chi connectivity index (χ1n) is 6.24. The SMILES string of the molecule is CC(C)C1C(=O)NC(=O)N(CC2CCOC2)C1=O. The van der Waals surface area contributed by atoms with Crippen molar-refractivity contribution in [2.24, 2.45) is 17.8 Å². The van der Waals surface area contributed by atoms with E-state index in [-0.39, 0.29) is 17.7 Å². The minimum Gasteiger partial charge on any atom is -0.381 e. The van der Waals surface area contributed by atoms with E-state index in [0.29, 0.717) is 19.8 Å². The lowest BCUT2D eigenvalue weighted by atomic mass is 9.91. The Labute approximate surface area is 106 Å². The van der Waals surface area contributed by atoms with Crippen molar-refractivity contribution in [1.82, 2.24) is 10.2 Å². The summed E-state index contributed by atoms with van der Waals surface area (Å²) in [4.78, 5) is 36.7. The molecule has 2 saturated heterocycles. The monoisotopic (exact) mass is 254 g/mol. The first-order valence-corrected chi connectivity index (χ1v) is 6.24. The standard InChI is InChI=1S/C12H18N2O4/c1-7(2)9-10(15)13-12(17)14(11(9)16)5-8-3-4-18-6-8/h7-9H,3-6H2,1-2H3,(H,13,15,17). The highest BCUT2D eigenvalue weighted by atomic mass is 16.5.